The van der Waals surface area contributed by atoms with Gasteiger partial charge in [0.1, 0.15) is 0 Å². The fourth-order valence-electron chi connectivity index (χ4n) is 1.37. The van der Waals surface area contributed by atoms with Crippen LogP contribution in [0.15, 0.2) is 0 Å². The number of rotatable bonds is 5. The van der Waals surface area contributed by atoms with Gasteiger partial charge in [0, 0.05) is 6.04 Å². The molecular formula is C11H22N2O2. The minimum Gasteiger partial charge on any atom is -0.292 e. The molecule has 0 radical (unpaired) electrons. The maximum Gasteiger partial charge on any atom is 0.257 e. The van der Waals surface area contributed by atoms with Crippen LogP contribution in [0.25, 0.3) is 0 Å². The standard InChI is InChI=1S/C11H22N2O2/c1-5-13(9-6-7-9)8-10(14)12-15-11(2,3)4/h9H,5-8H2,1-4H3,(H,12,14). The second kappa shape index (κ2) is 4.94. The number of hydrogen-bond donors (Lipinski definition) is 1. The molecule has 0 aliphatic heterocycles. The summed E-state index contributed by atoms with van der Waals surface area (Å²) in [6, 6.07) is 0.621. The molecule has 1 aliphatic rings. The van der Waals surface area contributed by atoms with E-state index in [4.69, 9.17) is 4.84 Å². The maximum absolute atomic E-state index is 11.5. The molecule has 0 heterocycles. The van der Waals surface area contributed by atoms with Crippen molar-refractivity contribution in [2.75, 3.05) is 13.1 Å². The first kappa shape index (κ1) is 12.5. The Bertz CT molecular complexity index is 219. The first-order chi connectivity index (χ1) is 6.92. The Morgan fingerprint density at radius 1 is 1.47 bits per heavy atom. The van der Waals surface area contributed by atoms with Crippen molar-refractivity contribution in [3.63, 3.8) is 0 Å². The molecule has 0 aromatic carbocycles. The monoisotopic (exact) mass is 214 g/mol. The van der Waals surface area contributed by atoms with E-state index in [0.29, 0.717) is 12.6 Å². The van der Waals surface area contributed by atoms with Gasteiger partial charge in [0.05, 0.1) is 12.1 Å². The van der Waals surface area contributed by atoms with Crippen LogP contribution in [0, 0.1) is 0 Å². The topological polar surface area (TPSA) is 41.6 Å². The summed E-state index contributed by atoms with van der Waals surface area (Å²) in [6.07, 6.45) is 2.45. The Morgan fingerprint density at radius 2 is 2.07 bits per heavy atom. The van der Waals surface area contributed by atoms with Crippen LogP contribution in [-0.2, 0) is 9.63 Å². The fraction of sp³-hybridized carbons (Fsp3) is 0.909. The van der Waals surface area contributed by atoms with Crippen molar-refractivity contribution >= 4 is 5.91 Å². The maximum atomic E-state index is 11.5. The van der Waals surface area contributed by atoms with E-state index in [0.717, 1.165) is 6.54 Å². The molecule has 0 bridgehead atoms. The van der Waals surface area contributed by atoms with Crippen LogP contribution >= 0.6 is 0 Å². The van der Waals surface area contributed by atoms with Crippen LogP contribution in [0.4, 0.5) is 0 Å². The highest BCUT2D eigenvalue weighted by molar-refractivity contribution is 5.77. The fourth-order valence-corrected chi connectivity index (χ4v) is 1.37. The van der Waals surface area contributed by atoms with Gasteiger partial charge in [-0.3, -0.25) is 14.5 Å². The van der Waals surface area contributed by atoms with Crippen molar-refractivity contribution in [3.8, 4) is 0 Å². The van der Waals surface area contributed by atoms with Crippen molar-refractivity contribution in [2.24, 2.45) is 0 Å². The number of hydroxylamine groups is 1. The quantitative estimate of drug-likeness (QED) is 0.702. The van der Waals surface area contributed by atoms with E-state index in [9.17, 15) is 4.79 Å². The third kappa shape index (κ3) is 5.14. The Hall–Kier alpha value is -0.610. The number of nitrogens with one attached hydrogen (secondary N) is 1. The Labute approximate surface area is 91.9 Å². The lowest BCUT2D eigenvalue weighted by Crippen LogP contribution is -2.41. The summed E-state index contributed by atoms with van der Waals surface area (Å²) >= 11 is 0. The van der Waals surface area contributed by atoms with Crippen LogP contribution in [0.1, 0.15) is 40.5 Å². The van der Waals surface area contributed by atoms with E-state index >= 15 is 0 Å². The molecule has 4 heteroatoms. The van der Waals surface area contributed by atoms with E-state index < -0.39 is 0 Å². The van der Waals surface area contributed by atoms with Crippen molar-refractivity contribution in [2.45, 2.75) is 52.2 Å². The van der Waals surface area contributed by atoms with Crippen LogP contribution in [0.5, 0.6) is 0 Å². The van der Waals surface area contributed by atoms with Gasteiger partial charge in [-0.25, -0.2) is 5.48 Å². The Balaban J connectivity index is 2.22. The molecule has 4 nitrogen and oxygen atoms in total. The Kier molecular flexibility index (Phi) is 4.11. The predicted molar refractivity (Wildman–Crippen MR) is 59.2 cm³/mol. The minimum atomic E-state index is -0.327. The molecule has 0 spiro atoms. The van der Waals surface area contributed by atoms with E-state index in [1.54, 1.807) is 0 Å². The zero-order valence-corrected chi connectivity index (χ0v) is 10.2. The normalized spacial score (nSPS) is 16.9. The lowest BCUT2D eigenvalue weighted by molar-refractivity contribution is -0.146. The van der Waals surface area contributed by atoms with Gasteiger partial charge in [-0.1, -0.05) is 6.92 Å². The number of hydrogen-bond acceptors (Lipinski definition) is 3. The molecule has 0 unspecified atom stereocenters. The second-order valence-corrected chi connectivity index (χ2v) is 5.03. The molecule has 1 rings (SSSR count). The van der Waals surface area contributed by atoms with E-state index in [1.165, 1.54) is 12.8 Å². The third-order valence-electron chi connectivity index (χ3n) is 2.29. The second-order valence-electron chi connectivity index (χ2n) is 5.03. The number of nitrogens with zero attached hydrogens (tertiary/aromatic N) is 1. The molecule has 0 aromatic rings. The molecule has 1 aliphatic carbocycles. The van der Waals surface area contributed by atoms with Crippen molar-refractivity contribution in [1.29, 1.82) is 0 Å². The largest absolute Gasteiger partial charge is 0.292 e. The minimum absolute atomic E-state index is 0.0568. The van der Waals surface area contributed by atoms with Gasteiger partial charge >= 0.3 is 0 Å². The predicted octanol–water partition coefficient (Wildman–Crippen LogP) is 1.32. The van der Waals surface area contributed by atoms with Crippen LogP contribution < -0.4 is 5.48 Å². The van der Waals surface area contributed by atoms with E-state index in [2.05, 4.69) is 17.3 Å². The van der Waals surface area contributed by atoms with E-state index in [1.807, 2.05) is 20.8 Å². The van der Waals surface area contributed by atoms with Crippen LogP contribution in [0.3, 0.4) is 0 Å². The summed E-state index contributed by atoms with van der Waals surface area (Å²) in [5.74, 6) is -0.0568. The first-order valence-corrected chi connectivity index (χ1v) is 5.63. The summed E-state index contributed by atoms with van der Waals surface area (Å²) in [7, 11) is 0. The smallest absolute Gasteiger partial charge is 0.257 e. The number of carbonyl (C=O) groups excluding carboxylic acids is 1. The molecule has 0 atom stereocenters. The summed E-state index contributed by atoms with van der Waals surface area (Å²) < 4.78 is 0. The number of carbonyl (C=O) groups is 1. The van der Waals surface area contributed by atoms with Crippen molar-refractivity contribution < 1.29 is 9.63 Å². The summed E-state index contributed by atoms with van der Waals surface area (Å²) in [5, 5.41) is 0. The average Bonchev–Trinajstić information content (AvgIpc) is 2.93. The molecule has 88 valence electrons. The summed E-state index contributed by atoms with van der Waals surface area (Å²) in [4.78, 5) is 18.9. The van der Waals surface area contributed by atoms with E-state index in [-0.39, 0.29) is 11.5 Å². The summed E-state index contributed by atoms with van der Waals surface area (Å²) in [5.41, 5.74) is 2.16. The van der Waals surface area contributed by atoms with Gasteiger partial charge in [0.25, 0.3) is 5.91 Å². The molecule has 1 amide bonds. The molecule has 1 N–H and O–H groups in total. The Morgan fingerprint density at radius 3 is 2.47 bits per heavy atom. The zero-order chi connectivity index (χ0) is 11.5. The average molecular weight is 214 g/mol. The lowest BCUT2D eigenvalue weighted by atomic mass is 10.2. The SMILES string of the molecule is CCN(CC(=O)NOC(C)(C)C)C1CC1. The highest BCUT2D eigenvalue weighted by atomic mass is 16.7. The van der Waals surface area contributed by atoms with Crippen LogP contribution in [-0.4, -0.2) is 35.5 Å². The van der Waals surface area contributed by atoms with Gasteiger partial charge in [-0.2, -0.15) is 0 Å². The van der Waals surface area contributed by atoms with Gasteiger partial charge in [-0.15, -0.1) is 0 Å². The summed E-state index contributed by atoms with van der Waals surface area (Å²) in [6.45, 7) is 9.17. The molecular weight excluding hydrogens is 192 g/mol. The van der Waals surface area contributed by atoms with Gasteiger partial charge in [0.2, 0.25) is 0 Å². The zero-order valence-electron chi connectivity index (χ0n) is 10.2. The lowest BCUT2D eigenvalue weighted by Gasteiger charge is -2.22. The first-order valence-electron chi connectivity index (χ1n) is 5.63. The number of likely N-dealkylation sites (N-methyl/N-ethyl adjacent to an activating group) is 1. The molecule has 1 fully saturated rings. The van der Waals surface area contributed by atoms with Gasteiger partial charge in [-0.05, 0) is 40.2 Å². The third-order valence-corrected chi connectivity index (χ3v) is 2.29. The highest BCUT2D eigenvalue weighted by Gasteiger charge is 2.29. The molecule has 0 saturated heterocycles. The van der Waals surface area contributed by atoms with Gasteiger partial charge < -0.3 is 0 Å². The van der Waals surface area contributed by atoms with Crippen LogP contribution in [0.2, 0.25) is 0 Å². The molecule has 15 heavy (non-hydrogen) atoms. The van der Waals surface area contributed by atoms with Gasteiger partial charge in [0.15, 0.2) is 0 Å². The highest BCUT2D eigenvalue weighted by Crippen LogP contribution is 2.25. The van der Waals surface area contributed by atoms with Crippen molar-refractivity contribution in [1.82, 2.24) is 10.4 Å². The molecule has 1 saturated carbocycles. The number of amides is 1. The molecule has 0 aromatic heterocycles. The van der Waals surface area contributed by atoms with Crippen molar-refractivity contribution in [3.05, 3.63) is 0 Å².